The van der Waals surface area contributed by atoms with Gasteiger partial charge in [0.1, 0.15) is 18.1 Å². The lowest BCUT2D eigenvalue weighted by atomic mass is 10.2. The van der Waals surface area contributed by atoms with E-state index in [1.807, 2.05) is 31.2 Å². The van der Waals surface area contributed by atoms with Gasteiger partial charge in [-0.1, -0.05) is 41.1 Å². The van der Waals surface area contributed by atoms with Crippen LogP contribution in [-0.2, 0) is 6.61 Å². The maximum absolute atomic E-state index is 12.7. The molecule has 12 heteroatoms. The SMILES string of the molecule is Cc1ccc(Sc2cc(NC(=O)c3ccc(COc4ccc([N+](=O)[O-])cc4Cl)o3)cc([N+](=O)[O-])c2)cc1. The van der Waals surface area contributed by atoms with Gasteiger partial charge in [-0.2, -0.15) is 0 Å². The van der Waals surface area contributed by atoms with Gasteiger partial charge < -0.3 is 14.5 Å². The fourth-order valence-corrected chi connectivity index (χ4v) is 4.34. The van der Waals surface area contributed by atoms with Gasteiger partial charge in [0, 0.05) is 39.7 Å². The minimum atomic E-state index is -0.605. The number of carbonyl (C=O) groups excluding carboxylic acids is 1. The summed E-state index contributed by atoms with van der Waals surface area (Å²) < 4.78 is 11.1. The van der Waals surface area contributed by atoms with Crippen molar-refractivity contribution >= 4 is 46.3 Å². The van der Waals surface area contributed by atoms with Crippen LogP contribution in [0.15, 0.2) is 87.0 Å². The third-order valence-electron chi connectivity index (χ3n) is 5.00. The van der Waals surface area contributed by atoms with Gasteiger partial charge in [-0.05, 0) is 43.3 Å². The molecule has 0 bridgehead atoms. The lowest BCUT2D eigenvalue weighted by Gasteiger charge is -2.08. The number of hydrogen-bond donors (Lipinski definition) is 1. The summed E-state index contributed by atoms with van der Waals surface area (Å²) in [5, 5.41) is 24.9. The standard InChI is InChI=1S/C25H18ClN3O7S/c1-15-2-6-20(7-3-15)37-21-11-16(10-18(12-21)29(33)34)27-25(30)24-9-5-19(36-24)14-35-23-8-4-17(28(31)32)13-22(23)26/h2-13H,14H2,1H3,(H,27,30). The average Bonchev–Trinajstić information content (AvgIpc) is 3.34. The largest absolute Gasteiger partial charge is 0.484 e. The lowest BCUT2D eigenvalue weighted by Crippen LogP contribution is -2.11. The zero-order chi connectivity index (χ0) is 26.5. The minimum absolute atomic E-state index is 0.0346. The number of nitrogens with zero attached hydrogens (tertiary/aromatic N) is 2. The minimum Gasteiger partial charge on any atom is -0.484 e. The number of halogens is 1. The monoisotopic (exact) mass is 539 g/mol. The molecule has 0 radical (unpaired) electrons. The predicted molar refractivity (Wildman–Crippen MR) is 137 cm³/mol. The van der Waals surface area contributed by atoms with Gasteiger partial charge >= 0.3 is 0 Å². The first-order valence-corrected chi connectivity index (χ1v) is 11.9. The molecule has 1 aromatic heterocycles. The van der Waals surface area contributed by atoms with Crippen LogP contribution in [0, 0.1) is 27.2 Å². The smallest absolute Gasteiger partial charge is 0.291 e. The van der Waals surface area contributed by atoms with E-state index in [2.05, 4.69) is 5.32 Å². The molecule has 1 amide bonds. The fraction of sp³-hybridized carbons (Fsp3) is 0.0800. The summed E-state index contributed by atoms with van der Waals surface area (Å²) in [6, 6.07) is 18.8. The molecule has 0 fully saturated rings. The van der Waals surface area contributed by atoms with Crippen LogP contribution in [0.4, 0.5) is 17.1 Å². The molecule has 10 nitrogen and oxygen atoms in total. The number of ether oxygens (including phenoxy) is 1. The number of nitro groups is 2. The number of hydrogen-bond acceptors (Lipinski definition) is 8. The highest BCUT2D eigenvalue weighted by Gasteiger charge is 2.17. The Morgan fingerprint density at radius 3 is 2.35 bits per heavy atom. The Kier molecular flexibility index (Phi) is 7.75. The number of non-ortho nitro benzene ring substituents is 2. The molecule has 0 aliphatic heterocycles. The highest BCUT2D eigenvalue weighted by molar-refractivity contribution is 7.99. The van der Waals surface area contributed by atoms with Crippen LogP contribution >= 0.6 is 23.4 Å². The van der Waals surface area contributed by atoms with Crippen LogP contribution in [0.1, 0.15) is 21.9 Å². The van der Waals surface area contributed by atoms with E-state index >= 15 is 0 Å². The summed E-state index contributed by atoms with van der Waals surface area (Å²) >= 11 is 7.35. The molecule has 0 spiro atoms. The van der Waals surface area contributed by atoms with Crippen LogP contribution in [0.2, 0.25) is 5.02 Å². The van der Waals surface area contributed by atoms with Crippen LogP contribution < -0.4 is 10.1 Å². The summed E-state index contributed by atoms with van der Waals surface area (Å²) in [6.07, 6.45) is 0. The summed E-state index contributed by atoms with van der Waals surface area (Å²) in [5.74, 6) is -0.127. The number of nitrogens with one attached hydrogen (secondary N) is 1. The van der Waals surface area contributed by atoms with Crippen molar-refractivity contribution in [1.82, 2.24) is 0 Å². The van der Waals surface area contributed by atoms with Crippen molar-refractivity contribution in [1.29, 1.82) is 0 Å². The first-order valence-electron chi connectivity index (χ1n) is 10.7. The van der Waals surface area contributed by atoms with Crippen LogP contribution in [0.5, 0.6) is 5.75 Å². The van der Waals surface area contributed by atoms with Crippen molar-refractivity contribution in [2.75, 3.05) is 5.32 Å². The first kappa shape index (κ1) is 25.7. The third-order valence-corrected chi connectivity index (χ3v) is 6.27. The number of anilines is 1. The van der Waals surface area contributed by atoms with Crippen molar-refractivity contribution in [2.24, 2.45) is 0 Å². The van der Waals surface area contributed by atoms with Gasteiger partial charge in [0.15, 0.2) is 5.76 Å². The molecule has 1 heterocycles. The van der Waals surface area contributed by atoms with E-state index in [0.29, 0.717) is 10.7 Å². The number of rotatable bonds is 9. The molecule has 37 heavy (non-hydrogen) atoms. The Balaban J connectivity index is 1.44. The van der Waals surface area contributed by atoms with Gasteiger partial charge in [-0.15, -0.1) is 0 Å². The molecule has 4 aromatic rings. The van der Waals surface area contributed by atoms with E-state index in [0.717, 1.165) is 10.5 Å². The van der Waals surface area contributed by atoms with Gasteiger partial charge in [-0.3, -0.25) is 25.0 Å². The molecule has 0 atom stereocenters. The predicted octanol–water partition coefficient (Wildman–Crippen LogP) is 7.04. The summed E-state index contributed by atoms with van der Waals surface area (Å²) in [5.41, 5.74) is 0.993. The van der Waals surface area contributed by atoms with E-state index in [9.17, 15) is 25.0 Å². The molecule has 3 aromatic carbocycles. The van der Waals surface area contributed by atoms with E-state index < -0.39 is 15.8 Å². The summed E-state index contributed by atoms with van der Waals surface area (Å²) in [4.78, 5) is 35.4. The second kappa shape index (κ2) is 11.1. The second-order valence-corrected chi connectivity index (χ2v) is 9.32. The van der Waals surface area contributed by atoms with Crippen LogP contribution in [0.25, 0.3) is 0 Å². The Morgan fingerprint density at radius 2 is 1.68 bits per heavy atom. The van der Waals surface area contributed by atoms with Crippen molar-refractivity contribution in [3.63, 3.8) is 0 Å². The van der Waals surface area contributed by atoms with E-state index in [1.165, 1.54) is 54.2 Å². The lowest BCUT2D eigenvalue weighted by molar-refractivity contribution is -0.385. The molecule has 0 aliphatic rings. The van der Waals surface area contributed by atoms with Crippen molar-refractivity contribution in [3.05, 3.63) is 115 Å². The molecular weight excluding hydrogens is 522 g/mol. The highest BCUT2D eigenvalue weighted by atomic mass is 35.5. The van der Waals surface area contributed by atoms with Gasteiger partial charge in [-0.25, -0.2) is 0 Å². The van der Waals surface area contributed by atoms with E-state index in [1.54, 1.807) is 6.07 Å². The average molecular weight is 540 g/mol. The molecule has 1 N–H and O–H groups in total. The molecule has 4 rings (SSSR count). The number of benzene rings is 3. The molecule has 0 aliphatic carbocycles. The first-order chi connectivity index (χ1) is 17.7. The number of carbonyl (C=O) groups is 1. The van der Waals surface area contributed by atoms with Crippen molar-refractivity contribution in [3.8, 4) is 5.75 Å². The quantitative estimate of drug-likeness (QED) is 0.176. The summed E-state index contributed by atoms with van der Waals surface area (Å²) in [7, 11) is 0. The summed E-state index contributed by atoms with van der Waals surface area (Å²) in [6.45, 7) is 1.88. The maximum Gasteiger partial charge on any atom is 0.291 e. The topological polar surface area (TPSA) is 138 Å². The van der Waals surface area contributed by atoms with E-state index in [4.69, 9.17) is 20.8 Å². The Bertz CT molecular complexity index is 1490. The van der Waals surface area contributed by atoms with Crippen molar-refractivity contribution in [2.45, 2.75) is 23.3 Å². The normalized spacial score (nSPS) is 10.6. The Hall–Kier alpha value is -4.35. The number of furan rings is 1. The molecule has 0 unspecified atom stereocenters. The van der Waals surface area contributed by atoms with E-state index in [-0.39, 0.29) is 40.2 Å². The molecular formula is C25H18ClN3O7S. The van der Waals surface area contributed by atoms with Gasteiger partial charge in [0.05, 0.1) is 14.9 Å². The van der Waals surface area contributed by atoms with Gasteiger partial charge in [0.2, 0.25) is 0 Å². The Labute approximate surface area is 219 Å². The number of amides is 1. The van der Waals surface area contributed by atoms with Crippen LogP contribution in [-0.4, -0.2) is 15.8 Å². The molecule has 0 saturated carbocycles. The number of aryl methyl sites for hydroxylation is 1. The second-order valence-electron chi connectivity index (χ2n) is 7.77. The number of nitro benzene ring substituents is 2. The zero-order valence-corrected chi connectivity index (χ0v) is 20.7. The van der Waals surface area contributed by atoms with Crippen molar-refractivity contribution < 1.29 is 23.8 Å². The fourth-order valence-electron chi connectivity index (χ4n) is 3.20. The molecule has 0 saturated heterocycles. The maximum atomic E-state index is 12.7. The van der Waals surface area contributed by atoms with Gasteiger partial charge in [0.25, 0.3) is 17.3 Å². The molecule has 188 valence electrons. The van der Waals surface area contributed by atoms with Crippen LogP contribution in [0.3, 0.4) is 0 Å². The zero-order valence-electron chi connectivity index (χ0n) is 19.2. The third kappa shape index (κ3) is 6.66. The Morgan fingerprint density at radius 1 is 0.946 bits per heavy atom. The highest BCUT2D eigenvalue weighted by Crippen LogP contribution is 2.33.